The lowest BCUT2D eigenvalue weighted by molar-refractivity contribution is 0.549. The first-order valence-corrected chi connectivity index (χ1v) is 7.02. The van der Waals surface area contributed by atoms with Gasteiger partial charge in [-0.2, -0.15) is 0 Å². The summed E-state index contributed by atoms with van der Waals surface area (Å²) in [5.41, 5.74) is 0.910. The Morgan fingerprint density at radius 1 is 1.22 bits per heavy atom. The molecule has 0 aliphatic heterocycles. The maximum absolute atomic E-state index is 13.9. The van der Waals surface area contributed by atoms with Gasteiger partial charge in [0.2, 0.25) is 0 Å². The van der Waals surface area contributed by atoms with Crippen molar-refractivity contribution in [1.82, 2.24) is 5.32 Å². The van der Waals surface area contributed by atoms with Crippen LogP contribution in [0, 0.1) is 18.6 Å². The number of benzene rings is 1. The fourth-order valence-corrected chi connectivity index (χ4v) is 3.39. The van der Waals surface area contributed by atoms with Crippen molar-refractivity contribution in [2.45, 2.75) is 13.0 Å². The molecule has 2 aromatic rings. The lowest BCUT2D eigenvalue weighted by Crippen LogP contribution is -2.18. The van der Waals surface area contributed by atoms with E-state index in [1.165, 1.54) is 11.3 Å². The minimum Gasteiger partial charge on any atom is -0.309 e. The van der Waals surface area contributed by atoms with Crippen LogP contribution in [0.15, 0.2) is 28.1 Å². The first-order chi connectivity index (χ1) is 8.52. The minimum atomic E-state index is -0.526. The van der Waals surface area contributed by atoms with Gasteiger partial charge in [-0.25, -0.2) is 8.78 Å². The predicted octanol–water partition coefficient (Wildman–Crippen LogP) is 4.41. The van der Waals surface area contributed by atoms with Crippen molar-refractivity contribution in [2.24, 2.45) is 0 Å². The summed E-state index contributed by atoms with van der Waals surface area (Å²) < 4.78 is 28.1. The molecule has 1 heterocycles. The number of thiophene rings is 1. The van der Waals surface area contributed by atoms with Crippen LogP contribution in [0.3, 0.4) is 0 Å². The number of hydrogen-bond donors (Lipinski definition) is 1. The van der Waals surface area contributed by atoms with Gasteiger partial charge in [-0.1, -0.05) is 0 Å². The molecule has 0 aliphatic carbocycles. The zero-order valence-corrected chi connectivity index (χ0v) is 12.3. The Bertz CT molecular complexity index is 568. The molecule has 1 unspecified atom stereocenters. The first-order valence-electron chi connectivity index (χ1n) is 5.41. The van der Waals surface area contributed by atoms with Gasteiger partial charge in [0.15, 0.2) is 0 Å². The second-order valence-electron chi connectivity index (χ2n) is 3.99. The van der Waals surface area contributed by atoms with E-state index in [0.717, 1.165) is 14.7 Å². The highest BCUT2D eigenvalue weighted by atomic mass is 79.9. The third-order valence-corrected chi connectivity index (χ3v) is 4.44. The fraction of sp³-hybridized carbons (Fsp3) is 0.231. The highest BCUT2D eigenvalue weighted by Crippen LogP contribution is 2.32. The third-order valence-electron chi connectivity index (χ3n) is 2.76. The van der Waals surface area contributed by atoms with Crippen LogP contribution in [0.5, 0.6) is 0 Å². The van der Waals surface area contributed by atoms with Gasteiger partial charge in [0.05, 0.1) is 9.83 Å². The normalized spacial score (nSPS) is 12.7. The molecule has 0 saturated heterocycles. The molecule has 1 nitrogen and oxygen atoms in total. The Morgan fingerprint density at radius 3 is 2.50 bits per heavy atom. The SMILES string of the molecule is CNC(c1ccc(Br)s1)c1cc(C)c(F)cc1F. The van der Waals surface area contributed by atoms with Crippen molar-refractivity contribution >= 4 is 27.3 Å². The number of aryl methyl sites for hydroxylation is 1. The van der Waals surface area contributed by atoms with E-state index in [0.29, 0.717) is 11.1 Å². The smallest absolute Gasteiger partial charge is 0.131 e. The average molecular weight is 332 g/mol. The lowest BCUT2D eigenvalue weighted by Gasteiger charge is -2.16. The van der Waals surface area contributed by atoms with Gasteiger partial charge in [0, 0.05) is 16.5 Å². The summed E-state index contributed by atoms with van der Waals surface area (Å²) in [4.78, 5) is 0.981. The fourth-order valence-electron chi connectivity index (χ4n) is 1.84. The summed E-state index contributed by atoms with van der Waals surface area (Å²) >= 11 is 4.91. The van der Waals surface area contributed by atoms with E-state index in [9.17, 15) is 8.78 Å². The van der Waals surface area contributed by atoms with E-state index in [1.807, 2.05) is 12.1 Å². The summed E-state index contributed by atoms with van der Waals surface area (Å²) in [6.07, 6.45) is 0. The van der Waals surface area contributed by atoms with Crippen molar-refractivity contribution < 1.29 is 8.78 Å². The zero-order chi connectivity index (χ0) is 13.3. The van der Waals surface area contributed by atoms with E-state index in [4.69, 9.17) is 0 Å². The van der Waals surface area contributed by atoms with Crippen molar-refractivity contribution in [3.63, 3.8) is 0 Å². The molecule has 0 radical (unpaired) electrons. The summed E-state index contributed by atoms with van der Waals surface area (Å²) in [7, 11) is 1.76. The van der Waals surface area contributed by atoms with Gasteiger partial charge in [0.1, 0.15) is 11.6 Å². The second kappa shape index (κ2) is 5.47. The molecular weight excluding hydrogens is 320 g/mol. The summed E-state index contributed by atoms with van der Waals surface area (Å²) in [6.45, 7) is 1.63. The largest absolute Gasteiger partial charge is 0.309 e. The Kier molecular flexibility index (Phi) is 4.14. The average Bonchev–Trinajstić information content (AvgIpc) is 2.73. The van der Waals surface area contributed by atoms with Crippen molar-refractivity contribution in [3.05, 3.63) is 55.7 Å². The molecule has 0 bridgehead atoms. The molecule has 0 aliphatic rings. The summed E-state index contributed by atoms with van der Waals surface area (Å²) in [5, 5.41) is 3.06. The maximum Gasteiger partial charge on any atom is 0.131 e. The van der Waals surface area contributed by atoms with E-state index >= 15 is 0 Å². The monoisotopic (exact) mass is 331 g/mol. The highest BCUT2D eigenvalue weighted by Gasteiger charge is 2.19. The molecule has 1 aromatic carbocycles. The Labute approximate surface area is 117 Å². The molecule has 1 N–H and O–H groups in total. The molecular formula is C13H12BrF2NS. The molecule has 0 saturated carbocycles. The van der Waals surface area contributed by atoms with Gasteiger partial charge in [0.25, 0.3) is 0 Å². The lowest BCUT2D eigenvalue weighted by atomic mass is 10.0. The maximum atomic E-state index is 13.9. The molecule has 1 aromatic heterocycles. The minimum absolute atomic E-state index is 0.263. The van der Waals surface area contributed by atoms with Gasteiger partial charge in [-0.15, -0.1) is 11.3 Å². The molecule has 96 valence electrons. The Morgan fingerprint density at radius 2 is 1.94 bits per heavy atom. The van der Waals surface area contributed by atoms with Crippen LogP contribution in [0.2, 0.25) is 0 Å². The van der Waals surface area contributed by atoms with E-state index < -0.39 is 11.6 Å². The Balaban J connectivity index is 2.48. The van der Waals surface area contributed by atoms with Crippen LogP contribution in [0.4, 0.5) is 8.78 Å². The molecule has 18 heavy (non-hydrogen) atoms. The van der Waals surface area contributed by atoms with Crippen LogP contribution in [0.25, 0.3) is 0 Å². The first kappa shape index (κ1) is 13.6. The molecule has 0 fully saturated rings. The van der Waals surface area contributed by atoms with Crippen molar-refractivity contribution in [2.75, 3.05) is 7.05 Å². The zero-order valence-electron chi connectivity index (χ0n) is 9.93. The number of halogens is 3. The van der Waals surface area contributed by atoms with Crippen LogP contribution < -0.4 is 5.32 Å². The number of hydrogen-bond acceptors (Lipinski definition) is 2. The van der Waals surface area contributed by atoms with E-state index in [1.54, 1.807) is 20.0 Å². The molecule has 0 spiro atoms. The summed E-state index contributed by atoms with van der Waals surface area (Å²) in [6, 6.07) is 6.07. The molecule has 1 atom stereocenters. The second-order valence-corrected chi connectivity index (χ2v) is 6.48. The number of rotatable bonds is 3. The van der Waals surface area contributed by atoms with Gasteiger partial charge in [-0.3, -0.25) is 0 Å². The molecule has 5 heteroatoms. The van der Waals surface area contributed by atoms with Crippen molar-refractivity contribution in [3.8, 4) is 0 Å². The van der Waals surface area contributed by atoms with E-state index in [-0.39, 0.29) is 6.04 Å². The summed E-state index contributed by atoms with van der Waals surface area (Å²) in [5.74, 6) is -1.04. The van der Waals surface area contributed by atoms with Crippen LogP contribution in [0.1, 0.15) is 22.0 Å². The van der Waals surface area contributed by atoms with Crippen molar-refractivity contribution in [1.29, 1.82) is 0 Å². The Hall–Kier alpha value is -0.780. The van der Waals surface area contributed by atoms with Crippen LogP contribution in [-0.4, -0.2) is 7.05 Å². The standard InChI is InChI=1S/C13H12BrF2NS/c1-7-5-8(10(16)6-9(7)15)13(17-2)11-3-4-12(14)18-11/h3-6,13,17H,1-2H3. The van der Waals surface area contributed by atoms with Gasteiger partial charge in [-0.05, 0) is 53.7 Å². The third kappa shape index (κ3) is 2.63. The molecule has 2 rings (SSSR count). The topological polar surface area (TPSA) is 12.0 Å². The predicted molar refractivity (Wildman–Crippen MR) is 74.0 cm³/mol. The van der Waals surface area contributed by atoms with E-state index in [2.05, 4.69) is 21.2 Å². The molecule has 0 amide bonds. The highest BCUT2D eigenvalue weighted by molar-refractivity contribution is 9.11. The quantitative estimate of drug-likeness (QED) is 0.878. The van der Waals surface area contributed by atoms with Gasteiger partial charge < -0.3 is 5.32 Å². The number of nitrogens with one attached hydrogen (secondary N) is 1. The van der Waals surface area contributed by atoms with Crippen LogP contribution in [-0.2, 0) is 0 Å². The van der Waals surface area contributed by atoms with Crippen LogP contribution >= 0.6 is 27.3 Å². The van der Waals surface area contributed by atoms with Gasteiger partial charge >= 0.3 is 0 Å².